The third kappa shape index (κ3) is 3.55. The highest BCUT2D eigenvalue weighted by Crippen LogP contribution is 2.39. The Morgan fingerprint density at radius 2 is 2.00 bits per heavy atom. The second kappa shape index (κ2) is 8.03. The topological polar surface area (TPSA) is 85.3 Å². The molecule has 32 heavy (non-hydrogen) atoms. The zero-order valence-corrected chi connectivity index (χ0v) is 19.1. The summed E-state index contributed by atoms with van der Waals surface area (Å²) in [6.45, 7) is 3.45. The van der Waals surface area contributed by atoms with E-state index >= 15 is 0 Å². The third-order valence-electron chi connectivity index (χ3n) is 6.15. The second-order valence-electron chi connectivity index (χ2n) is 8.47. The van der Waals surface area contributed by atoms with Gasteiger partial charge in [0.05, 0.1) is 10.4 Å². The number of hydrogen-bond acceptors (Lipinski definition) is 6. The van der Waals surface area contributed by atoms with Crippen LogP contribution in [0, 0.1) is 6.92 Å². The highest BCUT2D eigenvalue weighted by Gasteiger charge is 2.32. The van der Waals surface area contributed by atoms with Crippen molar-refractivity contribution in [2.24, 2.45) is 0 Å². The van der Waals surface area contributed by atoms with Crippen LogP contribution in [0.4, 0.5) is 0 Å². The first-order valence-electron chi connectivity index (χ1n) is 10.6. The van der Waals surface area contributed by atoms with E-state index in [2.05, 4.69) is 15.1 Å². The van der Waals surface area contributed by atoms with Crippen LogP contribution in [0.1, 0.15) is 22.5 Å². The molecule has 1 aliphatic rings. The summed E-state index contributed by atoms with van der Waals surface area (Å²) in [4.78, 5) is 23.2. The Hall–Kier alpha value is -3.23. The number of carbonyl (C=O) groups is 1. The first-order valence-corrected chi connectivity index (χ1v) is 11.4. The molecule has 0 bridgehead atoms. The van der Waals surface area contributed by atoms with E-state index in [1.54, 1.807) is 12.1 Å². The van der Waals surface area contributed by atoms with Gasteiger partial charge in [-0.25, -0.2) is 4.98 Å². The van der Waals surface area contributed by atoms with Crippen molar-refractivity contribution in [3.05, 3.63) is 53.7 Å². The molecule has 1 atom stereocenters. The van der Waals surface area contributed by atoms with Crippen LogP contribution >= 0.6 is 11.3 Å². The SMILES string of the molecule is Cc1cccc2c(-c3nc(C(=O)N4CCC(N(C)C)C4)c(-c4ccc(O)cc4)s3)n[nH]c12. The summed E-state index contributed by atoms with van der Waals surface area (Å²) in [5.41, 5.74) is 4.14. The molecule has 2 aromatic heterocycles. The van der Waals surface area contributed by atoms with E-state index in [9.17, 15) is 9.90 Å². The third-order valence-corrected chi connectivity index (χ3v) is 7.26. The molecular formula is C24H25N5O2S. The molecule has 164 valence electrons. The normalized spacial score (nSPS) is 16.4. The summed E-state index contributed by atoms with van der Waals surface area (Å²) in [6.07, 6.45) is 0.952. The largest absolute Gasteiger partial charge is 0.508 e. The number of phenols is 1. The number of thiazole rings is 1. The van der Waals surface area contributed by atoms with Gasteiger partial charge in [0, 0.05) is 24.5 Å². The fraction of sp³-hybridized carbons (Fsp3) is 0.292. The van der Waals surface area contributed by atoms with E-state index < -0.39 is 0 Å². The smallest absolute Gasteiger partial charge is 0.274 e. The molecule has 0 aliphatic carbocycles. The molecule has 3 heterocycles. The molecule has 1 fully saturated rings. The number of fused-ring (bicyclic) bond motifs is 1. The average molecular weight is 448 g/mol. The van der Waals surface area contributed by atoms with E-state index in [0.29, 0.717) is 29.8 Å². The molecule has 7 nitrogen and oxygen atoms in total. The van der Waals surface area contributed by atoms with Crippen LogP contribution in [0.15, 0.2) is 42.5 Å². The van der Waals surface area contributed by atoms with Gasteiger partial charge in [-0.15, -0.1) is 11.3 Å². The molecule has 4 aromatic rings. The number of benzene rings is 2. The number of rotatable bonds is 4. The van der Waals surface area contributed by atoms with Crippen molar-refractivity contribution >= 4 is 28.1 Å². The Morgan fingerprint density at radius 1 is 1.22 bits per heavy atom. The number of para-hydroxylation sites is 1. The number of aromatic hydroxyl groups is 1. The molecule has 1 aliphatic heterocycles. The fourth-order valence-corrected chi connectivity index (χ4v) is 5.29. The number of nitrogens with zero attached hydrogens (tertiary/aromatic N) is 4. The van der Waals surface area contributed by atoms with Crippen LogP contribution in [-0.2, 0) is 0 Å². The standard InChI is InChI=1S/C24H25N5O2S/c1-14-5-4-6-18-19(14)26-27-20(18)23-25-21(22(32-23)15-7-9-17(30)10-8-15)24(31)29-12-11-16(13-29)28(2)3/h4-10,16,30H,11-13H2,1-3H3,(H,26,27). The minimum absolute atomic E-state index is 0.0593. The quantitative estimate of drug-likeness (QED) is 0.491. The van der Waals surface area contributed by atoms with E-state index in [4.69, 9.17) is 4.98 Å². The van der Waals surface area contributed by atoms with Gasteiger partial charge in [0.15, 0.2) is 0 Å². The summed E-state index contributed by atoms with van der Waals surface area (Å²) in [5.74, 6) is 0.129. The molecule has 5 rings (SSSR count). The highest BCUT2D eigenvalue weighted by atomic mass is 32.1. The lowest BCUT2D eigenvalue weighted by molar-refractivity contribution is 0.0779. The van der Waals surface area contributed by atoms with Gasteiger partial charge in [-0.05, 0) is 62.8 Å². The molecule has 8 heteroatoms. The van der Waals surface area contributed by atoms with Crippen molar-refractivity contribution in [2.75, 3.05) is 27.2 Å². The van der Waals surface area contributed by atoms with Crippen LogP contribution < -0.4 is 0 Å². The number of H-pyrrole nitrogens is 1. The first-order chi connectivity index (χ1) is 15.4. The van der Waals surface area contributed by atoms with E-state index in [1.165, 1.54) is 11.3 Å². The number of amides is 1. The highest BCUT2D eigenvalue weighted by molar-refractivity contribution is 7.18. The average Bonchev–Trinajstić information content (AvgIpc) is 3.52. The van der Waals surface area contributed by atoms with Crippen LogP contribution in [-0.4, -0.2) is 69.2 Å². The van der Waals surface area contributed by atoms with Gasteiger partial charge < -0.3 is 14.9 Å². The van der Waals surface area contributed by atoms with Crippen molar-refractivity contribution in [1.82, 2.24) is 25.0 Å². The van der Waals surface area contributed by atoms with Gasteiger partial charge in [-0.2, -0.15) is 5.10 Å². The number of aromatic amines is 1. The summed E-state index contributed by atoms with van der Waals surface area (Å²) in [6, 6.07) is 13.3. The Labute approximate surface area is 190 Å². The molecule has 0 radical (unpaired) electrons. The molecule has 2 aromatic carbocycles. The number of nitrogens with one attached hydrogen (secondary N) is 1. The molecule has 0 saturated carbocycles. The number of likely N-dealkylation sites (N-methyl/N-ethyl adjacent to an activating group) is 1. The fourth-order valence-electron chi connectivity index (χ4n) is 4.22. The lowest BCUT2D eigenvalue weighted by atomic mass is 10.1. The Balaban J connectivity index is 1.60. The number of aromatic nitrogens is 3. The molecule has 1 saturated heterocycles. The van der Waals surface area contributed by atoms with Crippen LogP contribution in [0.3, 0.4) is 0 Å². The minimum Gasteiger partial charge on any atom is -0.508 e. The second-order valence-corrected chi connectivity index (χ2v) is 9.47. The van der Waals surface area contributed by atoms with Gasteiger partial charge >= 0.3 is 0 Å². The first kappa shape index (κ1) is 20.7. The van der Waals surface area contributed by atoms with Gasteiger partial charge in [0.25, 0.3) is 5.91 Å². The van der Waals surface area contributed by atoms with Gasteiger partial charge in [-0.1, -0.05) is 18.2 Å². The number of likely N-dealkylation sites (tertiary alicyclic amines) is 1. The minimum atomic E-state index is -0.0593. The van der Waals surface area contributed by atoms with Crippen molar-refractivity contribution in [3.63, 3.8) is 0 Å². The van der Waals surface area contributed by atoms with Crippen molar-refractivity contribution in [3.8, 4) is 26.9 Å². The Bertz CT molecular complexity index is 1290. The summed E-state index contributed by atoms with van der Waals surface area (Å²) in [7, 11) is 4.10. The van der Waals surface area contributed by atoms with Gasteiger partial charge in [0.1, 0.15) is 22.1 Å². The maximum Gasteiger partial charge on any atom is 0.274 e. The van der Waals surface area contributed by atoms with Gasteiger partial charge in [-0.3, -0.25) is 9.89 Å². The lowest BCUT2D eigenvalue weighted by Gasteiger charge is -2.20. The number of hydrogen-bond donors (Lipinski definition) is 2. The van der Waals surface area contributed by atoms with Crippen molar-refractivity contribution in [1.29, 1.82) is 0 Å². The van der Waals surface area contributed by atoms with Crippen molar-refractivity contribution in [2.45, 2.75) is 19.4 Å². The maximum absolute atomic E-state index is 13.6. The zero-order valence-electron chi connectivity index (χ0n) is 18.3. The van der Waals surface area contributed by atoms with Crippen LogP contribution in [0.25, 0.3) is 32.0 Å². The predicted molar refractivity (Wildman–Crippen MR) is 127 cm³/mol. The molecule has 2 N–H and O–H groups in total. The maximum atomic E-state index is 13.6. The summed E-state index contributed by atoms with van der Waals surface area (Å²) in [5, 5.41) is 19.1. The Morgan fingerprint density at radius 3 is 2.72 bits per heavy atom. The van der Waals surface area contributed by atoms with E-state index in [0.717, 1.165) is 39.0 Å². The zero-order chi connectivity index (χ0) is 22.4. The van der Waals surface area contributed by atoms with Crippen molar-refractivity contribution < 1.29 is 9.90 Å². The lowest BCUT2D eigenvalue weighted by Crippen LogP contribution is -2.34. The Kier molecular flexibility index (Phi) is 5.19. The molecule has 1 unspecified atom stereocenters. The van der Waals surface area contributed by atoms with Gasteiger partial charge in [0.2, 0.25) is 0 Å². The molecular weight excluding hydrogens is 422 g/mol. The summed E-state index contributed by atoms with van der Waals surface area (Å²) >= 11 is 1.46. The predicted octanol–water partition coefficient (Wildman–Crippen LogP) is 4.14. The monoisotopic (exact) mass is 447 g/mol. The number of aryl methyl sites for hydroxylation is 1. The number of carbonyl (C=O) groups excluding carboxylic acids is 1. The number of phenolic OH excluding ortho intramolecular Hbond substituents is 1. The van der Waals surface area contributed by atoms with E-state index in [1.807, 2.05) is 56.3 Å². The van der Waals surface area contributed by atoms with E-state index in [-0.39, 0.29) is 11.7 Å². The molecule has 0 spiro atoms. The summed E-state index contributed by atoms with van der Waals surface area (Å²) < 4.78 is 0. The molecule has 1 amide bonds. The van der Waals surface area contributed by atoms with Crippen LogP contribution in [0.5, 0.6) is 5.75 Å². The van der Waals surface area contributed by atoms with Crippen LogP contribution in [0.2, 0.25) is 0 Å².